The molecule has 1 N–H and O–H groups in total. The molecule has 5 nitrogen and oxygen atoms in total. The maximum absolute atomic E-state index is 11.6. The van der Waals surface area contributed by atoms with Crippen molar-refractivity contribution in [3.8, 4) is 0 Å². The van der Waals surface area contributed by atoms with Gasteiger partial charge in [0.25, 0.3) is 0 Å². The van der Waals surface area contributed by atoms with Crippen molar-refractivity contribution < 1.29 is 24.2 Å². The van der Waals surface area contributed by atoms with Crippen molar-refractivity contribution in [2.45, 2.75) is 79.2 Å². The molecule has 1 fully saturated rings. The molecule has 2 aliphatic rings. The Morgan fingerprint density at radius 1 is 1.32 bits per heavy atom. The highest BCUT2D eigenvalue weighted by atomic mass is 16.5. The second kappa shape index (κ2) is 8.98. The Labute approximate surface area is 169 Å². The van der Waals surface area contributed by atoms with Crippen LogP contribution >= 0.6 is 0 Å². The van der Waals surface area contributed by atoms with E-state index in [1.807, 2.05) is 0 Å². The monoisotopic (exact) mass is 394 g/mol. The first-order valence-electron chi connectivity index (χ1n) is 10.6. The van der Waals surface area contributed by atoms with Crippen molar-refractivity contribution in [2.24, 2.45) is 28.6 Å². The zero-order valence-corrected chi connectivity index (χ0v) is 18.4. The minimum absolute atomic E-state index is 0.0535. The van der Waals surface area contributed by atoms with Crippen LogP contribution in [0.3, 0.4) is 0 Å². The van der Waals surface area contributed by atoms with Gasteiger partial charge in [0, 0.05) is 13.3 Å². The van der Waals surface area contributed by atoms with E-state index >= 15 is 0 Å². The van der Waals surface area contributed by atoms with Gasteiger partial charge in [0.1, 0.15) is 6.61 Å². The summed E-state index contributed by atoms with van der Waals surface area (Å²) in [6.45, 7) is 10.6. The number of allylic oxidation sites excluding steroid dienone is 1. The molecule has 2 rings (SSSR count). The third-order valence-electron chi connectivity index (χ3n) is 7.50. The highest BCUT2D eigenvalue weighted by Gasteiger charge is 2.55. The topological polar surface area (TPSA) is 72.8 Å². The van der Waals surface area contributed by atoms with Crippen LogP contribution in [0.1, 0.15) is 73.1 Å². The molecule has 0 spiro atoms. The van der Waals surface area contributed by atoms with Gasteiger partial charge in [0.15, 0.2) is 0 Å². The summed E-state index contributed by atoms with van der Waals surface area (Å²) in [5, 5.41) is 10.6. The summed E-state index contributed by atoms with van der Waals surface area (Å²) >= 11 is 0. The molecule has 0 heterocycles. The molecule has 0 bridgehead atoms. The predicted molar refractivity (Wildman–Crippen MR) is 108 cm³/mol. The smallest absolute Gasteiger partial charge is 0.305 e. The van der Waals surface area contributed by atoms with Gasteiger partial charge in [-0.05, 0) is 66.3 Å². The normalized spacial score (nSPS) is 32.7. The number of carbonyl (C=O) groups is 2. The number of esters is 2. The Bertz CT molecular complexity index is 608. The lowest BCUT2D eigenvalue weighted by Gasteiger charge is -2.58. The van der Waals surface area contributed by atoms with Gasteiger partial charge in [-0.25, -0.2) is 0 Å². The highest BCUT2D eigenvalue weighted by molar-refractivity contribution is 5.69. The van der Waals surface area contributed by atoms with Crippen LogP contribution in [0.4, 0.5) is 0 Å². The number of carbonyl (C=O) groups excluding carboxylic acids is 2. The maximum atomic E-state index is 11.6. The van der Waals surface area contributed by atoms with Gasteiger partial charge in [-0.15, -0.1) is 0 Å². The van der Waals surface area contributed by atoms with Crippen LogP contribution in [0.25, 0.3) is 0 Å². The van der Waals surface area contributed by atoms with Crippen molar-refractivity contribution in [3.63, 3.8) is 0 Å². The van der Waals surface area contributed by atoms with Crippen molar-refractivity contribution in [1.82, 2.24) is 0 Å². The van der Waals surface area contributed by atoms with Crippen LogP contribution in [0.2, 0.25) is 0 Å². The van der Waals surface area contributed by atoms with Gasteiger partial charge in [0.2, 0.25) is 0 Å². The number of aliphatic hydroxyl groups excluding tert-OH is 1. The first-order chi connectivity index (χ1) is 13.0. The van der Waals surface area contributed by atoms with Crippen molar-refractivity contribution in [1.29, 1.82) is 0 Å². The summed E-state index contributed by atoms with van der Waals surface area (Å²) in [6.07, 6.45) is 6.93. The van der Waals surface area contributed by atoms with E-state index in [-0.39, 0.29) is 40.7 Å². The molecule has 0 radical (unpaired) electrons. The number of ether oxygens (including phenoxy) is 2. The van der Waals surface area contributed by atoms with Crippen molar-refractivity contribution in [3.05, 3.63) is 11.6 Å². The number of aliphatic hydroxyl groups is 1. The van der Waals surface area contributed by atoms with E-state index < -0.39 is 0 Å². The Hall–Kier alpha value is -1.36. The molecule has 160 valence electrons. The largest absolute Gasteiger partial charge is 0.469 e. The number of rotatable bonds is 7. The van der Waals surface area contributed by atoms with Gasteiger partial charge in [-0.2, -0.15) is 0 Å². The lowest BCUT2D eigenvalue weighted by Crippen LogP contribution is -2.54. The Kier molecular flexibility index (Phi) is 7.35. The van der Waals surface area contributed by atoms with E-state index in [0.29, 0.717) is 18.9 Å². The van der Waals surface area contributed by atoms with Crippen molar-refractivity contribution >= 4 is 11.9 Å². The molecular formula is C23H38O5. The fourth-order valence-corrected chi connectivity index (χ4v) is 5.68. The van der Waals surface area contributed by atoms with Crippen molar-refractivity contribution in [2.75, 3.05) is 13.7 Å². The molecule has 2 aliphatic carbocycles. The van der Waals surface area contributed by atoms with E-state index in [4.69, 9.17) is 9.47 Å². The average molecular weight is 395 g/mol. The van der Waals surface area contributed by atoms with Crippen LogP contribution in [0.15, 0.2) is 11.6 Å². The van der Waals surface area contributed by atoms with Crippen LogP contribution < -0.4 is 0 Å². The molecule has 0 amide bonds. The fraction of sp³-hybridized carbons (Fsp3) is 0.826. The van der Waals surface area contributed by atoms with Gasteiger partial charge < -0.3 is 14.6 Å². The summed E-state index contributed by atoms with van der Waals surface area (Å²) in [4.78, 5) is 23.0. The average Bonchev–Trinajstić information content (AvgIpc) is 2.62. The second-order valence-corrected chi connectivity index (χ2v) is 9.74. The lowest BCUT2D eigenvalue weighted by atomic mass is 9.47. The van der Waals surface area contributed by atoms with Gasteiger partial charge in [-0.1, -0.05) is 33.8 Å². The number of hydrogen-bond donors (Lipinski definition) is 1. The van der Waals surface area contributed by atoms with Gasteiger partial charge in [0.05, 0.1) is 13.2 Å². The lowest BCUT2D eigenvalue weighted by molar-refractivity contribution is -0.143. The third kappa shape index (κ3) is 4.79. The Balaban J connectivity index is 2.23. The fourth-order valence-electron chi connectivity index (χ4n) is 5.68. The molecular weight excluding hydrogens is 356 g/mol. The Morgan fingerprint density at radius 2 is 2.00 bits per heavy atom. The summed E-state index contributed by atoms with van der Waals surface area (Å²) in [7, 11) is 1.43. The van der Waals surface area contributed by atoms with E-state index in [2.05, 4.69) is 33.8 Å². The Morgan fingerprint density at radius 3 is 2.61 bits per heavy atom. The summed E-state index contributed by atoms with van der Waals surface area (Å²) in [5.41, 5.74) is 1.11. The zero-order valence-electron chi connectivity index (χ0n) is 18.4. The van der Waals surface area contributed by atoms with Crippen LogP contribution in [-0.2, 0) is 19.1 Å². The quantitative estimate of drug-likeness (QED) is 0.515. The molecule has 0 aromatic carbocycles. The molecule has 28 heavy (non-hydrogen) atoms. The van der Waals surface area contributed by atoms with Crippen LogP contribution in [0.5, 0.6) is 0 Å². The number of methoxy groups -OCH3 is 1. The molecule has 0 aromatic heterocycles. The highest BCUT2D eigenvalue weighted by Crippen LogP contribution is 2.60. The number of fused-ring (bicyclic) bond motifs is 1. The van der Waals surface area contributed by atoms with E-state index in [0.717, 1.165) is 32.1 Å². The minimum atomic E-state index is -0.284. The molecule has 0 saturated heterocycles. The molecule has 0 unspecified atom stereocenters. The number of hydrogen-bond acceptors (Lipinski definition) is 5. The van der Waals surface area contributed by atoms with E-state index in [9.17, 15) is 14.7 Å². The van der Waals surface area contributed by atoms with Gasteiger partial charge in [-0.3, -0.25) is 9.59 Å². The molecule has 5 heteroatoms. The zero-order chi connectivity index (χ0) is 21.1. The SMILES string of the molecule is COC(=O)C[C@H](C)CC[C@H]1C(COC(C)=O)=CC[C@H]2C(C)(C)[C@@H](O)CC[C@]12C. The second-order valence-electron chi connectivity index (χ2n) is 9.74. The summed E-state index contributed by atoms with van der Waals surface area (Å²) < 4.78 is 10.2. The van der Waals surface area contributed by atoms with E-state index in [1.54, 1.807) is 0 Å². The maximum Gasteiger partial charge on any atom is 0.305 e. The van der Waals surface area contributed by atoms with Gasteiger partial charge >= 0.3 is 11.9 Å². The third-order valence-corrected chi connectivity index (χ3v) is 7.50. The summed E-state index contributed by atoms with van der Waals surface area (Å²) in [6, 6.07) is 0. The minimum Gasteiger partial charge on any atom is -0.469 e. The van der Waals surface area contributed by atoms with Crippen LogP contribution in [-0.4, -0.2) is 36.9 Å². The van der Waals surface area contributed by atoms with E-state index in [1.165, 1.54) is 19.6 Å². The molecule has 5 atom stereocenters. The standard InChI is InChI=1S/C23H38O5/c1-15(13-21(26)27-6)7-9-18-17(14-28-16(2)24)8-10-19-22(3,4)20(25)11-12-23(18,19)5/h8,15,18-20,25H,7,9-14H2,1-6H3/t15-,18+,19+,20+,23-/m1/s1. The predicted octanol–water partition coefficient (Wildman–Crippen LogP) is 4.28. The summed E-state index contributed by atoms with van der Waals surface area (Å²) in [5.74, 6) is 0.486. The molecule has 1 saturated carbocycles. The molecule has 0 aromatic rings. The van der Waals surface area contributed by atoms with Crippen LogP contribution in [0, 0.1) is 28.6 Å². The first kappa shape index (κ1) is 22.9. The first-order valence-corrected chi connectivity index (χ1v) is 10.6. The molecule has 0 aliphatic heterocycles.